The minimum absolute atomic E-state index is 0.0120. The van der Waals surface area contributed by atoms with Crippen LogP contribution in [0.1, 0.15) is 5.56 Å². The van der Waals surface area contributed by atoms with Crippen LogP contribution in [-0.2, 0) is 10.9 Å². The maximum absolute atomic E-state index is 12.7. The summed E-state index contributed by atoms with van der Waals surface area (Å²) in [6, 6.07) is 3.80. The summed E-state index contributed by atoms with van der Waals surface area (Å²) in [6.07, 6.45) is -4.36. The molecule has 0 aromatic heterocycles. The molecule has 3 nitrogen and oxygen atoms in total. The van der Waals surface area contributed by atoms with Gasteiger partial charge >= 0.3 is 6.18 Å². The molecular weight excluding hydrogens is 337 g/mol. The van der Waals surface area contributed by atoms with E-state index in [2.05, 4.69) is 26.1 Å². The zero-order chi connectivity index (χ0) is 14.8. The van der Waals surface area contributed by atoms with Gasteiger partial charge in [-0.3, -0.25) is 0 Å². The molecule has 1 N–H and O–H groups in total. The molecule has 0 spiro atoms. The summed E-state index contributed by atoms with van der Waals surface area (Å²) >= 11 is 3.10. The van der Waals surface area contributed by atoms with Crippen molar-refractivity contribution in [1.82, 2.24) is 4.90 Å². The normalized spacial score (nSPS) is 20.9. The molecule has 1 heterocycles. The molecule has 1 unspecified atom stereocenters. The fraction of sp³-hybridized carbons (Fsp3) is 0.538. The van der Waals surface area contributed by atoms with Gasteiger partial charge in [0.05, 0.1) is 18.3 Å². The Kier molecular flexibility index (Phi) is 4.93. The van der Waals surface area contributed by atoms with Gasteiger partial charge in [0.2, 0.25) is 0 Å². The summed E-state index contributed by atoms with van der Waals surface area (Å²) in [7, 11) is 2.00. The predicted molar refractivity (Wildman–Crippen MR) is 74.9 cm³/mol. The number of morpholine rings is 1. The molecule has 20 heavy (non-hydrogen) atoms. The standard InChI is InChI=1S/C13H16BrF3N2O/c1-19-2-3-20-12(8-19)7-18-11-5-9(13(15,16)17)4-10(14)6-11/h4-6,12,18H,2-3,7-8H2,1H3. The van der Waals surface area contributed by atoms with Gasteiger partial charge in [0.15, 0.2) is 0 Å². The molecule has 1 fully saturated rings. The Morgan fingerprint density at radius 1 is 1.40 bits per heavy atom. The number of nitrogens with one attached hydrogen (secondary N) is 1. The van der Waals surface area contributed by atoms with Crippen LogP contribution in [0.4, 0.5) is 18.9 Å². The van der Waals surface area contributed by atoms with E-state index in [1.807, 2.05) is 7.05 Å². The van der Waals surface area contributed by atoms with Crippen molar-refractivity contribution in [3.63, 3.8) is 0 Å². The van der Waals surface area contributed by atoms with Crippen LogP contribution in [0.25, 0.3) is 0 Å². The van der Waals surface area contributed by atoms with Crippen LogP contribution in [0.15, 0.2) is 22.7 Å². The van der Waals surface area contributed by atoms with Crippen LogP contribution < -0.4 is 5.32 Å². The highest BCUT2D eigenvalue weighted by Crippen LogP contribution is 2.33. The maximum Gasteiger partial charge on any atom is 0.416 e. The highest BCUT2D eigenvalue weighted by Gasteiger charge is 2.31. The lowest BCUT2D eigenvalue weighted by Crippen LogP contribution is -2.43. The van der Waals surface area contributed by atoms with E-state index in [1.165, 1.54) is 0 Å². The lowest BCUT2D eigenvalue weighted by molar-refractivity contribution is -0.137. The van der Waals surface area contributed by atoms with Crippen molar-refractivity contribution in [2.24, 2.45) is 0 Å². The molecule has 0 saturated carbocycles. The van der Waals surface area contributed by atoms with Crippen molar-refractivity contribution in [2.75, 3.05) is 38.6 Å². The molecule has 0 amide bonds. The molecule has 0 bridgehead atoms. The number of rotatable bonds is 3. The fourth-order valence-corrected chi connectivity index (χ4v) is 2.57. The number of ether oxygens (including phenoxy) is 1. The second-order valence-corrected chi connectivity index (χ2v) is 5.78. The topological polar surface area (TPSA) is 24.5 Å². The van der Waals surface area contributed by atoms with Gasteiger partial charge in [-0.05, 0) is 25.2 Å². The average molecular weight is 353 g/mol. The lowest BCUT2D eigenvalue weighted by atomic mass is 10.2. The van der Waals surface area contributed by atoms with Crippen LogP contribution in [-0.4, -0.2) is 44.3 Å². The Morgan fingerprint density at radius 2 is 2.15 bits per heavy atom. The monoisotopic (exact) mass is 352 g/mol. The second-order valence-electron chi connectivity index (χ2n) is 4.86. The summed E-state index contributed by atoms with van der Waals surface area (Å²) in [4.78, 5) is 2.14. The van der Waals surface area contributed by atoms with E-state index in [-0.39, 0.29) is 6.10 Å². The Morgan fingerprint density at radius 3 is 2.80 bits per heavy atom. The average Bonchev–Trinajstić information content (AvgIpc) is 2.35. The number of hydrogen-bond donors (Lipinski definition) is 1. The maximum atomic E-state index is 12.7. The first kappa shape index (κ1) is 15.6. The minimum atomic E-state index is -4.35. The lowest BCUT2D eigenvalue weighted by Gasteiger charge is -2.30. The van der Waals surface area contributed by atoms with Crippen molar-refractivity contribution in [3.8, 4) is 0 Å². The van der Waals surface area contributed by atoms with Crippen LogP contribution in [0, 0.1) is 0 Å². The first-order chi connectivity index (χ1) is 9.34. The molecule has 0 radical (unpaired) electrons. The predicted octanol–water partition coefficient (Wildman–Crippen LogP) is 3.21. The minimum Gasteiger partial charge on any atom is -0.382 e. The van der Waals surface area contributed by atoms with Crippen LogP contribution in [0.2, 0.25) is 0 Å². The molecule has 1 aliphatic heterocycles. The van der Waals surface area contributed by atoms with Gasteiger partial charge in [-0.1, -0.05) is 15.9 Å². The molecule has 2 rings (SSSR count). The Bertz CT molecular complexity index is 467. The number of nitrogens with zero attached hydrogens (tertiary/aromatic N) is 1. The number of halogens is 4. The smallest absolute Gasteiger partial charge is 0.382 e. The van der Waals surface area contributed by atoms with E-state index >= 15 is 0 Å². The molecular formula is C13H16BrF3N2O. The summed E-state index contributed by atoms with van der Waals surface area (Å²) in [5.41, 5.74) is -0.236. The Hall–Kier alpha value is -0.790. The SMILES string of the molecule is CN1CCOC(CNc2cc(Br)cc(C(F)(F)F)c2)C1. The molecule has 1 aliphatic rings. The van der Waals surface area contributed by atoms with Gasteiger partial charge in [-0.25, -0.2) is 0 Å². The van der Waals surface area contributed by atoms with E-state index in [1.54, 1.807) is 6.07 Å². The molecule has 1 saturated heterocycles. The second kappa shape index (κ2) is 6.32. The van der Waals surface area contributed by atoms with Crippen molar-refractivity contribution in [1.29, 1.82) is 0 Å². The highest BCUT2D eigenvalue weighted by atomic mass is 79.9. The number of alkyl halides is 3. The highest BCUT2D eigenvalue weighted by molar-refractivity contribution is 9.10. The van der Waals surface area contributed by atoms with Gasteiger partial charge < -0.3 is 15.0 Å². The molecule has 1 aromatic rings. The Balaban J connectivity index is 2.00. The van der Waals surface area contributed by atoms with E-state index in [4.69, 9.17) is 4.74 Å². The zero-order valence-corrected chi connectivity index (χ0v) is 12.6. The number of anilines is 1. The molecule has 1 aromatic carbocycles. The van der Waals surface area contributed by atoms with E-state index in [0.29, 0.717) is 23.3 Å². The third kappa shape index (κ3) is 4.36. The van der Waals surface area contributed by atoms with E-state index in [9.17, 15) is 13.2 Å². The third-order valence-electron chi connectivity index (χ3n) is 3.10. The largest absolute Gasteiger partial charge is 0.416 e. The molecule has 112 valence electrons. The van der Waals surface area contributed by atoms with Gasteiger partial charge in [-0.2, -0.15) is 13.2 Å². The summed E-state index contributed by atoms with van der Waals surface area (Å²) in [5.74, 6) is 0. The van der Waals surface area contributed by atoms with Crippen molar-refractivity contribution in [2.45, 2.75) is 12.3 Å². The zero-order valence-electron chi connectivity index (χ0n) is 11.0. The third-order valence-corrected chi connectivity index (χ3v) is 3.56. The first-order valence-corrected chi connectivity index (χ1v) is 7.06. The summed E-state index contributed by atoms with van der Waals surface area (Å²) < 4.78 is 44.1. The van der Waals surface area contributed by atoms with Gasteiger partial charge in [-0.15, -0.1) is 0 Å². The van der Waals surface area contributed by atoms with Gasteiger partial charge in [0.1, 0.15) is 0 Å². The number of likely N-dealkylation sites (N-methyl/N-ethyl adjacent to an activating group) is 1. The van der Waals surface area contributed by atoms with Crippen molar-refractivity contribution >= 4 is 21.6 Å². The molecule has 7 heteroatoms. The first-order valence-electron chi connectivity index (χ1n) is 6.26. The van der Waals surface area contributed by atoms with Gasteiger partial charge in [0.25, 0.3) is 0 Å². The number of hydrogen-bond acceptors (Lipinski definition) is 3. The molecule has 1 atom stereocenters. The van der Waals surface area contributed by atoms with E-state index in [0.717, 1.165) is 25.2 Å². The summed E-state index contributed by atoms with van der Waals surface area (Å²) in [5, 5.41) is 3.01. The van der Waals surface area contributed by atoms with Crippen LogP contribution in [0.5, 0.6) is 0 Å². The molecule has 0 aliphatic carbocycles. The Labute approximate surface area is 124 Å². The number of benzene rings is 1. The van der Waals surface area contributed by atoms with Crippen molar-refractivity contribution in [3.05, 3.63) is 28.2 Å². The van der Waals surface area contributed by atoms with Gasteiger partial charge in [0, 0.05) is 29.8 Å². The summed E-state index contributed by atoms with van der Waals surface area (Å²) in [6.45, 7) is 2.78. The van der Waals surface area contributed by atoms with Crippen LogP contribution >= 0.6 is 15.9 Å². The fourth-order valence-electron chi connectivity index (χ4n) is 2.08. The van der Waals surface area contributed by atoms with E-state index < -0.39 is 11.7 Å². The van der Waals surface area contributed by atoms with Crippen LogP contribution in [0.3, 0.4) is 0 Å². The quantitative estimate of drug-likeness (QED) is 0.903. The van der Waals surface area contributed by atoms with Crippen molar-refractivity contribution < 1.29 is 17.9 Å².